The quantitative estimate of drug-likeness (QED) is 0.671. The molecular formula is C13H24N4O2. The van der Waals surface area contributed by atoms with Crippen LogP contribution < -0.4 is 11.1 Å². The minimum absolute atomic E-state index is 0.107. The minimum Gasteiger partial charge on any atom is -0.352 e. The average molecular weight is 268 g/mol. The monoisotopic (exact) mass is 268 g/mol. The van der Waals surface area contributed by atoms with E-state index in [2.05, 4.69) is 10.2 Å². The lowest BCUT2D eigenvalue weighted by Gasteiger charge is -2.35. The van der Waals surface area contributed by atoms with Gasteiger partial charge in [0.25, 0.3) is 0 Å². The zero-order valence-corrected chi connectivity index (χ0v) is 11.6. The van der Waals surface area contributed by atoms with E-state index < -0.39 is 0 Å². The molecule has 0 aromatic carbocycles. The third-order valence-corrected chi connectivity index (χ3v) is 3.77. The zero-order chi connectivity index (χ0) is 13.8. The maximum absolute atomic E-state index is 12.0. The fourth-order valence-electron chi connectivity index (χ4n) is 2.24. The van der Waals surface area contributed by atoms with Gasteiger partial charge in [-0.25, -0.2) is 0 Å². The van der Waals surface area contributed by atoms with Gasteiger partial charge in [0.2, 0.25) is 11.8 Å². The van der Waals surface area contributed by atoms with E-state index in [1.54, 1.807) is 0 Å². The molecule has 2 amide bonds. The van der Waals surface area contributed by atoms with Crippen LogP contribution in [0, 0.1) is 5.92 Å². The highest BCUT2D eigenvalue weighted by Crippen LogP contribution is 2.18. The number of amides is 2. The molecule has 1 saturated heterocycles. The summed E-state index contributed by atoms with van der Waals surface area (Å²) < 4.78 is 0. The van der Waals surface area contributed by atoms with Crippen LogP contribution in [0.1, 0.15) is 19.8 Å². The molecule has 1 aliphatic heterocycles. The van der Waals surface area contributed by atoms with Gasteiger partial charge in [0.15, 0.2) is 0 Å². The van der Waals surface area contributed by atoms with Crippen LogP contribution in [0.15, 0.2) is 0 Å². The summed E-state index contributed by atoms with van der Waals surface area (Å²) in [6.07, 6.45) is 2.23. The molecule has 0 aromatic rings. The van der Waals surface area contributed by atoms with Crippen LogP contribution in [0.3, 0.4) is 0 Å². The number of piperazine rings is 1. The van der Waals surface area contributed by atoms with Gasteiger partial charge in [-0.1, -0.05) is 6.92 Å². The topological polar surface area (TPSA) is 78.7 Å². The van der Waals surface area contributed by atoms with Crippen molar-refractivity contribution in [2.24, 2.45) is 11.7 Å². The van der Waals surface area contributed by atoms with Gasteiger partial charge in [-0.15, -0.1) is 0 Å². The van der Waals surface area contributed by atoms with Crippen LogP contribution in [-0.4, -0.2) is 66.9 Å². The lowest BCUT2D eigenvalue weighted by molar-refractivity contribution is -0.136. The van der Waals surface area contributed by atoms with Crippen molar-refractivity contribution in [2.45, 2.75) is 25.8 Å². The number of carbonyl (C=O) groups excluding carboxylic acids is 2. The molecule has 2 rings (SSSR count). The Morgan fingerprint density at radius 3 is 2.42 bits per heavy atom. The molecule has 1 unspecified atom stereocenters. The number of hydrogen-bond acceptors (Lipinski definition) is 4. The van der Waals surface area contributed by atoms with E-state index in [0.717, 1.165) is 25.9 Å². The molecule has 0 radical (unpaired) electrons. The Kier molecular flexibility index (Phi) is 4.76. The van der Waals surface area contributed by atoms with Crippen LogP contribution in [0.4, 0.5) is 0 Å². The molecule has 0 aromatic heterocycles. The van der Waals surface area contributed by atoms with E-state index in [0.29, 0.717) is 32.2 Å². The fraction of sp³-hybridized carbons (Fsp3) is 0.846. The lowest BCUT2D eigenvalue weighted by Crippen LogP contribution is -2.52. The molecule has 6 heteroatoms. The molecule has 1 aliphatic carbocycles. The largest absolute Gasteiger partial charge is 0.352 e. The van der Waals surface area contributed by atoms with Crippen LogP contribution in [0.2, 0.25) is 0 Å². The second kappa shape index (κ2) is 6.34. The molecular weight excluding hydrogens is 244 g/mol. The number of nitrogens with one attached hydrogen (secondary N) is 1. The van der Waals surface area contributed by atoms with Crippen molar-refractivity contribution in [1.82, 2.24) is 15.1 Å². The second-order valence-corrected chi connectivity index (χ2v) is 5.58. The molecule has 19 heavy (non-hydrogen) atoms. The maximum atomic E-state index is 12.0. The van der Waals surface area contributed by atoms with Gasteiger partial charge >= 0.3 is 0 Å². The molecule has 3 N–H and O–H groups in total. The van der Waals surface area contributed by atoms with Gasteiger partial charge in [0.1, 0.15) is 0 Å². The SMILES string of the molecule is CC(CN)C(=O)N1CCN(CC(=O)NC2CC2)CC1. The molecule has 2 fully saturated rings. The Hall–Kier alpha value is -1.14. The number of nitrogens with zero attached hydrogens (tertiary/aromatic N) is 2. The summed E-state index contributed by atoms with van der Waals surface area (Å²) in [6.45, 7) is 5.62. The Bertz CT molecular complexity index is 336. The normalized spacial score (nSPS) is 22.1. The summed E-state index contributed by atoms with van der Waals surface area (Å²) in [4.78, 5) is 27.6. The van der Waals surface area contributed by atoms with Crippen molar-refractivity contribution in [3.63, 3.8) is 0 Å². The molecule has 1 atom stereocenters. The van der Waals surface area contributed by atoms with Crippen molar-refractivity contribution < 1.29 is 9.59 Å². The fourth-order valence-corrected chi connectivity index (χ4v) is 2.24. The molecule has 2 aliphatic rings. The second-order valence-electron chi connectivity index (χ2n) is 5.58. The van der Waals surface area contributed by atoms with E-state index in [4.69, 9.17) is 5.73 Å². The first-order chi connectivity index (χ1) is 9.10. The number of rotatable bonds is 5. The molecule has 0 spiro atoms. The maximum Gasteiger partial charge on any atom is 0.234 e. The van der Waals surface area contributed by atoms with Gasteiger partial charge in [-0.05, 0) is 12.8 Å². The van der Waals surface area contributed by atoms with Gasteiger partial charge in [0.05, 0.1) is 6.54 Å². The summed E-state index contributed by atoms with van der Waals surface area (Å²) in [7, 11) is 0. The van der Waals surface area contributed by atoms with Crippen molar-refractivity contribution in [1.29, 1.82) is 0 Å². The van der Waals surface area contributed by atoms with Crippen LogP contribution in [0.5, 0.6) is 0 Å². The molecule has 1 heterocycles. The van der Waals surface area contributed by atoms with E-state index in [-0.39, 0.29) is 17.7 Å². The Morgan fingerprint density at radius 2 is 1.89 bits per heavy atom. The summed E-state index contributed by atoms with van der Waals surface area (Å²) >= 11 is 0. The summed E-state index contributed by atoms with van der Waals surface area (Å²) in [5, 5.41) is 2.98. The van der Waals surface area contributed by atoms with E-state index in [9.17, 15) is 9.59 Å². The van der Waals surface area contributed by atoms with Crippen molar-refractivity contribution in [3.8, 4) is 0 Å². The third kappa shape index (κ3) is 4.18. The van der Waals surface area contributed by atoms with Gasteiger partial charge in [0, 0.05) is 44.7 Å². The van der Waals surface area contributed by atoms with Crippen molar-refractivity contribution in [3.05, 3.63) is 0 Å². The van der Waals surface area contributed by atoms with Gasteiger partial charge < -0.3 is 16.0 Å². The third-order valence-electron chi connectivity index (χ3n) is 3.77. The molecule has 0 bridgehead atoms. The van der Waals surface area contributed by atoms with Gasteiger partial charge in [-0.2, -0.15) is 0 Å². The average Bonchev–Trinajstić information content (AvgIpc) is 3.21. The van der Waals surface area contributed by atoms with Gasteiger partial charge in [-0.3, -0.25) is 14.5 Å². The molecule has 1 saturated carbocycles. The highest BCUT2D eigenvalue weighted by Gasteiger charge is 2.27. The molecule has 6 nitrogen and oxygen atoms in total. The van der Waals surface area contributed by atoms with Crippen LogP contribution >= 0.6 is 0 Å². The highest BCUT2D eigenvalue weighted by molar-refractivity contribution is 5.79. The van der Waals surface area contributed by atoms with Crippen molar-refractivity contribution >= 4 is 11.8 Å². The summed E-state index contributed by atoms with van der Waals surface area (Å²) in [5.74, 6) is 0.131. The number of hydrogen-bond donors (Lipinski definition) is 2. The Labute approximate surface area is 114 Å². The van der Waals surface area contributed by atoms with Crippen LogP contribution in [0.25, 0.3) is 0 Å². The molecule has 108 valence electrons. The predicted molar refractivity (Wildman–Crippen MR) is 72.4 cm³/mol. The van der Waals surface area contributed by atoms with E-state index in [1.165, 1.54) is 0 Å². The Balaban J connectivity index is 1.69. The number of carbonyl (C=O) groups is 2. The first-order valence-corrected chi connectivity index (χ1v) is 7.10. The smallest absolute Gasteiger partial charge is 0.234 e. The lowest BCUT2D eigenvalue weighted by atomic mass is 10.1. The first-order valence-electron chi connectivity index (χ1n) is 7.10. The standard InChI is InChI=1S/C13H24N4O2/c1-10(8-14)13(19)17-6-4-16(5-7-17)9-12(18)15-11-2-3-11/h10-11H,2-9,14H2,1H3,(H,15,18). The summed E-state index contributed by atoms with van der Waals surface area (Å²) in [5.41, 5.74) is 5.51. The zero-order valence-electron chi connectivity index (χ0n) is 11.6. The minimum atomic E-state index is -0.107. The van der Waals surface area contributed by atoms with E-state index in [1.807, 2.05) is 11.8 Å². The van der Waals surface area contributed by atoms with Crippen LogP contribution in [-0.2, 0) is 9.59 Å². The number of nitrogens with two attached hydrogens (primary N) is 1. The van der Waals surface area contributed by atoms with E-state index >= 15 is 0 Å². The predicted octanol–water partition coefficient (Wildman–Crippen LogP) is -0.996. The van der Waals surface area contributed by atoms with Crippen molar-refractivity contribution in [2.75, 3.05) is 39.3 Å². The Morgan fingerprint density at radius 1 is 1.26 bits per heavy atom. The highest BCUT2D eigenvalue weighted by atomic mass is 16.2. The first kappa shape index (κ1) is 14.3. The summed E-state index contributed by atoms with van der Waals surface area (Å²) in [6, 6.07) is 0.417.